The molecule has 3 fully saturated rings. The standard InChI is InChI=1S/C20H41N5O7.C2H4O2/c1-8(21)12-5-4-9(22)18(30-12)31-15-10(23)6-11(24)16(13(15)26)32-19-14(27)17(25-3)20(2,28)7-29-19;1-2(3)4/h8-19,25-28H,4-7,21-24H2,1-3H3;1H3,(H,3,4). The van der Waals surface area contributed by atoms with Gasteiger partial charge in [0.1, 0.15) is 30.0 Å². The Hall–Kier alpha value is -1.01. The van der Waals surface area contributed by atoms with Gasteiger partial charge in [0.2, 0.25) is 0 Å². The Morgan fingerprint density at radius 1 is 1.06 bits per heavy atom. The summed E-state index contributed by atoms with van der Waals surface area (Å²) in [7, 11) is 1.62. The molecule has 13 unspecified atom stereocenters. The van der Waals surface area contributed by atoms with E-state index in [4.69, 9.17) is 51.8 Å². The van der Waals surface area contributed by atoms with E-state index in [0.29, 0.717) is 12.8 Å². The number of nitrogens with one attached hydrogen (secondary N) is 1. The Morgan fingerprint density at radius 2 is 1.58 bits per heavy atom. The minimum atomic E-state index is -1.29. The molecule has 3 aliphatic rings. The predicted octanol–water partition coefficient (Wildman–Crippen LogP) is -3.50. The van der Waals surface area contributed by atoms with E-state index in [2.05, 4.69) is 5.32 Å². The third kappa shape index (κ3) is 7.75. The number of nitrogens with two attached hydrogens (primary N) is 4. The second kappa shape index (κ2) is 13.2. The molecule has 14 nitrogen and oxygen atoms in total. The summed E-state index contributed by atoms with van der Waals surface area (Å²) in [5.74, 6) is -0.833. The fourth-order valence-electron chi connectivity index (χ4n) is 4.87. The highest BCUT2D eigenvalue weighted by molar-refractivity contribution is 5.62. The quantitative estimate of drug-likeness (QED) is 0.164. The summed E-state index contributed by atoms with van der Waals surface area (Å²) in [5.41, 5.74) is 23.3. The molecule has 0 radical (unpaired) electrons. The smallest absolute Gasteiger partial charge is 0.300 e. The maximum absolute atomic E-state index is 11.1. The van der Waals surface area contributed by atoms with E-state index < -0.39 is 66.7 Å². The van der Waals surface area contributed by atoms with Crippen LogP contribution >= 0.6 is 0 Å². The lowest BCUT2D eigenvalue weighted by Gasteiger charge is -2.48. The van der Waals surface area contributed by atoms with Gasteiger partial charge in [0.15, 0.2) is 12.6 Å². The van der Waals surface area contributed by atoms with Crippen LogP contribution < -0.4 is 28.3 Å². The summed E-state index contributed by atoms with van der Waals surface area (Å²) < 4.78 is 23.4. The van der Waals surface area contributed by atoms with Crippen molar-refractivity contribution >= 4 is 5.97 Å². The first-order valence-corrected chi connectivity index (χ1v) is 12.2. The molecular formula is C22H45N5O9. The molecule has 0 aromatic heterocycles. The number of hydrogen-bond acceptors (Lipinski definition) is 13. The van der Waals surface area contributed by atoms with Crippen LogP contribution in [0.4, 0.5) is 0 Å². The number of likely N-dealkylation sites (N-methyl/N-ethyl adjacent to an activating group) is 1. The molecule has 13 N–H and O–H groups in total. The molecule has 13 atom stereocenters. The lowest BCUT2D eigenvalue weighted by molar-refractivity contribution is -0.307. The third-order valence-corrected chi connectivity index (χ3v) is 6.81. The Bertz CT molecular complexity index is 699. The van der Waals surface area contributed by atoms with Crippen LogP contribution in [0.3, 0.4) is 0 Å². The van der Waals surface area contributed by atoms with E-state index >= 15 is 0 Å². The van der Waals surface area contributed by atoms with Crippen molar-refractivity contribution in [3.63, 3.8) is 0 Å². The molecule has 2 heterocycles. The molecule has 2 aliphatic heterocycles. The molecule has 1 aliphatic carbocycles. The number of rotatable bonds is 6. The number of carboxylic acids is 1. The van der Waals surface area contributed by atoms with Gasteiger partial charge in [-0.1, -0.05) is 0 Å². The molecule has 0 aromatic rings. The minimum Gasteiger partial charge on any atom is -0.481 e. The van der Waals surface area contributed by atoms with Crippen molar-refractivity contribution in [3.05, 3.63) is 0 Å². The first-order valence-electron chi connectivity index (χ1n) is 12.2. The fraction of sp³-hybridized carbons (Fsp3) is 0.955. The lowest BCUT2D eigenvalue weighted by Crippen LogP contribution is -2.68. The van der Waals surface area contributed by atoms with Gasteiger partial charge in [0.05, 0.1) is 24.8 Å². The highest BCUT2D eigenvalue weighted by Gasteiger charge is 2.50. The van der Waals surface area contributed by atoms with Crippen LogP contribution in [0.25, 0.3) is 0 Å². The number of aliphatic hydroxyl groups excluding tert-OH is 2. The molecule has 3 rings (SSSR count). The highest BCUT2D eigenvalue weighted by Crippen LogP contribution is 2.31. The highest BCUT2D eigenvalue weighted by atomic mass is 16.7. The van der Waals surface area contributed by atoms with Crippen LogP contribution in [0, 0.1) is 0 Å². The van der Waals surface area contributed by atoms with Gasteiger partial charge >= 0.3 is 0 Å². The molecule has 36 heavy (non-hydrogen) atoms. The van der Waals surface area contributed by atoms with Crippen molar-refractivity contribution < 1.29 is 44.2 Å². The number of aliphatic carboxylic acids is 1. The number of aliphatic hydroxyl groups is 3. The van der Waals surface area contributed by atoms with E-state index in [1.807, 2.05) is 6.92 Å². The minimum absolute atomic E-state index is 0.0683. The van der Waals surface area contributed by atoms with Gasteiger partial charge in [-0.25, -0.2) is 0 Å². The third-order valence-electron chi connectivity index (χ3n) is 6.81. The molecule has 14 heteroatoms. The number of carbonyl (C=O) groups is 1. The van der Waals surface area contributed by atoms with Crippen molar-refractivity contribution in [2.45, 2.75) is 119 Å². The van der Waals surface area contributed by atoms with Crippen LogP contribution in [0.1, 0.15) is 40.0 Å². The topological polar surface area (TPSA) is 251 Å². The van der Waals surface area contributed by atoms with Gasteiger partial charge in [-0.15, -0.1) is 0 Å². The maximum atomic E-state index is 11.1. The second-order valence-electron chi connectivity index (χ2n) is 10.2. The molecular weight excluding hydrogens is 478 g/mol. The average molecular weight is 524 g/mol. The van der Waals surface area contributed by atoms with Crippen LogP contribution in [-0.4, -0.2) is 119 Å². The number of carboxylic acid groups (broad SMARTS) is 1. The molecule has 1 saturated carbocycles. The van der Waals surface area contributed by atoms with E-state index in [0.717, 1.165) is 13.3 Å². The van der Waals surface area contributed by atoms with Gasteiger partial charge in [0, 0.05) is 25.0 Å². The number of ether oxygens (including phenoxy) is 4. The Balaban J connectivity index is 0.00000106. The Kier molecular flexibility index (Phi) is 11.4. The van der Waals surface area contributed by atoms with Gasteiger partial charge < -0.3 is 67.6 Å². The number of hydrogen-bond donors (Lipinski definition) is 9. The summed E-state index contributed by atoms with van der Waals surface area (Å²) in [5, 5.41) is 42.5. The SMILES string of the molecule is CC(=O)O.CNC1C(O)C(OC2C(N)CC(N)C(OC3OC(C(C)N)CCC3N)C2O)OCC1(C)O. The van der Waals surface area contributed by atoms with E-state index in [1.54, 1.807) is 14.0 Å². The summed E-state index contributed by atoms with van der Waals surface area (Å²) >= 11 is 0. The monoisotopic (exact) mass is 523 g/mol. The van der Waals surface area contributed by atoms with Crippen molar-refractivity contribution in [2.75, 3.05) is 13.7 Å². The normalized spacial score (nSPS) is 46.4. The Labute approximate surface area is 211 Å². The summed E-state index contributed by atoms with van der Waals surface area (Å²) in [6.45, 7) is 4.43. The molecule has 2 saturated heterocycles. The first kappa shape index (κ1) is 31.2. The summed E-state index contributed by atoms with van der Waals surface area (Å²) in [6, 6.07) is -2.47. The van der Waals surface area contributed by atoms with Crippen LogP contribution in [-0.2, 0) is 23.7 Å². The molecule has 0 amide bonds. The lowest BCUT2D eigenvalue weighted by atomic mass is 9.84. The van der Waals surface area contributed by atoms with Crippen molar-refractivity contribution in [2.24, 2.45) is 22.9 Å². The predicted molar refractivity (Wildman–Crippen MR) is 128 cm³/mol. The summed E-state index contributed by atoms with van der Waals surface area (Å²) in [6.07, 6.45) is -4.58. The second-order valence-corrected chi connectivity index (χ2v) is 10.2. The van der Waals surface area contributed by atoms with Gasteiger partial charge in [-0.05, 0) is 40.2 Å². The molecule has 0 aromatic carbocycles. The van der Waals surface area contributed by atoms with E-state index in [-0.39, 0.29) is 24.8 Å². The largest absolute Gasteiger partial charge is 0.481 e. The zero-order chi connectivity index (χ0) is 27.4. The van der Waals surface area contributed by atoms with E-state index in [9.17, 15) is 15.3 Å². The molecule has 0 spiro atoms. The van der Waals surface area contributed by atoms with Crippen molar-refractivity contribution in [1.29, 1.82) is 0 Å². The van der Waals surface area contributed by atoms with Crippen LogP contribution in [0.5, 0.6) is 0 Å². The zero-order valence-corrected chi connectivity index (χ0v) is 21.4. The molecule has 0 bridgehead atoms. The van der Waals surface area contributed by atoms with E-state index in [1.165, 1.54) is 0 Å². The van der Waals surface area contributed by atoms with Gasteiger partial charge in [0.25, 0.3) is 5.97 Å². The van der Waals surface area contributed by atoms with Crippen LogP contribution in [0.2, 0.25) is 0 Å². The van der Waals surface area contributed by atoms with Crippen molar-refractivity contribution in [1.82, 2.24) is 5.32 Å². The Morgan fingerprint density at radius 3 is 2.08 bits per heavy atom. The first-order chi connectivity index (χ1) is 16.7. The van der Waals surface area contributed by atoms with Gasteiger partial charge in [-0.2, -0.15) is 0 Å². The van der Waals surface area contributed by atoms with Gasteiger partial charge in [-0.3, -0.25) is 4.79 Å². The summed E-state index contributed by atoms with van der Waals surface area (Å²) in [4.78, 5) is 9.00. The van der Waals surface area contributed by atoms with Crippen molar-refractivity contribution in [3.8, 4) is 0 Å². The maximum Gasteiger partial charge on any atom is 0.300 e. The van der Waals surface area contributed by atoms with Crippen LogP contribution in [0.15, 0.2) is 0 Å². The zero-order valence-electron chi connectivity index (χ0n) is 21.4. The fourth-order valence-corrected chi connectivity index (χ4v) is 4.87. The molecule has 212 valence electrons. The average Bonchev–Trinajstić information content (AvgIpc) is 2.76.